The summed E-state index contributed by atoms with van der Waals surface area (Å²) < 4.78 is 1.27. The number of piperidine rings is 1. The van der Waals surface area contributed by atoms with Crippen LogP contribution in [-0.4, -0.2) is 24.5 Å². The predicted molar refractivity (Wildman–Crippen MR) is 102 cm³/mol. The zero-order valence-electron chi connectivity index (χ0n) is 14.0. The number of likely N-dealkylation sites (tertiary alicyclic amines) is 1. The molecule has 2 aromatic rings. The Bertz CT molecular complexity index is 615. The average Bonchev–Trinajstić information content (AvgIpc) is 2.58. The van der Waals surface area contributed by atoms with Crippen molar-refractivity contribution in [3.05, 3.63) is 69.7 Å². The molecule has 2 heteroatoms. The minimum absolute atomic E-state index is 0.834. The lowest BCUT2D eigenvalue weighted by Gasteiger charge is -2.32. The Morgan fingerprint density at radius 1 is 1.04 bits per heavy atom. The highest BCUT2D eigenvalue weighted by molar-refractivity contribution is 9.10. The van der Waals surface area contributed by atoms with Gasteiger partial charge in [0.15, 0.2) is 0 Å². The minimum atomic E-state index is 0.834. The molecule has 3 rings (SSSR count). The third-order valence-electron chi connectivity index (χ3n) is 4.98. The van der Waals surface area contributed by atoms with Gasteiger partial charge in [-0.1, -0.05) is 64.0 Å². The third-order valence-corrected chi connectivity index (χ3v) is 5.75. The Labute approximate surface area is 148 Å². The molecule has 2 aromatic carbocycles. The highest BCUT2D eigenvalue weighted by Crippen LogP contribution is 2.26. The van der Waals surface area contributed by atoms with Crippen molar-refractivity contribution in [1.82, 2.24) is 4.90 Å². The molecule has 0 bridgehead atoms. The van der Waals surface area contributed by atoms with Crippen molar-refractivity contribution in [3.63, 3.8) is 0 Å². The monoisotopic (exact) mass is 371 g/mol. The lowest BCUT2D eigenvalue weighted by molar-refractivity contribution is 0.186. The van der Waals surface area contributed by atoms with E-state index in [2.05, 4.69) is 76.3 Å². The average molecular weight is 372 g/mol. The van der Waals surface area contributed by atoms with E-state index in [-0.39, 0.29) is 0 Å². The van der Waals surface area contributed by atoms with Gasteiger partial charge in [-0.25, -0.2) is 0 Å². The van der Waals surface area contributed by atoms with Crippen LogP contribution in [0, 0.1) is 12.8 Å². The summed E-state index contributed by atoms with van der Waals surface area (Å²) >= 11 is 3.71. The third kappa shape index (κ3) is 4.92. The van der Waals surface area contributed by atoms with Crippen molar-refractivity contribution in [2.75, 3.05) is 19.6 Å². The van der Waals surface area contributed by atoms with Crippen LogP contribution < -0.4 is 0 Å². The summed E-state index contributed by atoms with van der Waals surface area (Å²) in [4.78, 5) is 2.63. The van der Waals surface area contributed by atoms with E-state index < -0.39 is 0 Å². The Balaban J connectivity index is 1.46. The van der Waals surface area contributed by atoms with E-state index in [4.69, 9.17) is 0 Å². The first kappa shape index (κ1) is 16.7. The molecule has 1 nitrogen and oxygen atoms in total. The molecule has 0 amide bonds. The quantitative estimate of drug-likeness (QED) is 0.693. The highest BCUT2D eigenvalue weighted by Gasteiger charge is 2.20. The summed E-state index contributed by atoms with van der Waals surface area (Å²) in [6.45, 7) is 5.88. The van der Waals surface area contributed by atoms with Gasteiger partial charge in [0.25, 0.3) is 0 Å². The van der Waals surface area contributed by atoms with Crippen molar-refractivity contribution in [2.45, 2.75) is 32.6 Å². The maximum atomic E-state index is 3.71. The molecule has 0 atom stereocenters. The molecule has 0 N–H and O–H groups in total. The van der Waals surface area contributed by atoms with Crippen LogP contribution in [0.2, 0.25) is 0 Å². The van der Waals surface area contributed by atoms with Crippen LogP contribution in [-0.2, 0) is 12.8 Å². The predicted octanol–water partition coefficient (Wildman–Crippen LogP) is 5.25. The lowest BCUT2D eigenvalue weighted by Crippen LogP contribution is -2.35. The zero-order chi connectivity index (χ0) is 16.1. The molecule has 122 valence electrons. The second-order valence-corrected chi connectivity index (χ2v) is 7.67. The van der Waals surface area contributed by atoms with E-state index in [1.54, 1.807) is 0 Å². The van der Waals surface area contributed by atoms with Crippen LogP contribution in [0.15, 0.2) is 53.0 Å². The highest BCUT2D eigenvalue weighted by atomic mass is 79.9. The summed E-state index contributed by atoms with van der Waals surface area (Å²) in [7, 11) is 0. The molecule has 0 aliphatic carbocycles. The fourth-order valence-electron chi connectivity index (χ4n) is 3.52. The van der Waals surface area contributed by atoms with Gasteiger partial charge in [0.1, 0.15) is 0 Å². The number of aryl methyl sites for hydroxylation is 1. The van der Waals surface area contributed by atoms with Crippen LogP contribution in [0.4, 0.5) is 0 Å². The Morgan fingerprint density at radius 3 is 2.52 bits per heavy atom. The maximum absolute atomic E-state index is 3.71. The number of rotatable bonds is 5. The molecule has 0 spiro atoms. The molecule has 0 saturated carbocycles. The molecule has 1 fully saturated rings. The Kier molecular flexibility index (Phi) is 5.91. The summed E-state index contributed by atoms with van der Waals surface area (Å²) in [5, 5.41) is 0. The Hall–Kier alpha value is -1.12. The van der Waals surface area contributed by atoms with Gasteiger partial charge in [0.2, 0.25) is 0 Å². The number of benzene rings is 2. The smallest absolute Gasteiger partial charge is 0.0207 e. The van der Waals surface area contributed by atoms with Gasteiger partial charge in [0.05, 0.1) is 0 Å². The zero-order valence-corrected chi connectivity index (χ0v) is 15.6. The summed E-state index contributed by atoms with van der Waals surface area (Å²) in [6.07, 6.45) is 5.05. The van der Waals surface area contributed by atoms with Crippen molar-refractivity contribution in [2.24, 2.45) is 5.92 Å². The number of nitrogens with zero attached hydrogens (tertiary/aromatic N) is 1. The van der Waals surface area contributed by atoms with Gasteiger partial charge in [-0.2, -0.15) is 0 Å². The second-order valence-electron chi connectivity index (χ2n) is 6.82. The standard InChI is InChI=1S/C21H26BrN/c1-17-7-8-21(22)20(15-17)16-19-10-13-23(14-11-19)12-9-18-5-3-2-4-6-18/h2-8,15,19H,9-14,16H2,1H3. The van der Waals surface area contributed by atoms with Crippen LogP contribution >= 0.6 is 15.9 Å². The van der Waals surface area contributed by atoms with E-state index in [0.717, 1.165) is 5.92 Å². The Morgan fingerprint density at radius 2 is 1.78 bits per heavy atom. The van der Waals surface area contributed by atoms with Crippen molar-refractivity contribution in [1.29, 1.82) is 0 Å². The van der Waals surface area contributed by atoms with Gasteiger partial charge in [-0.3, -0.25) is 0 Å². The van der Waals surface area contributed by atoms with E-state index >= 15 is 0 Å². The lowest BCUT2D eigenvalue weighted by atomic mass is 9.89. The van der Waals surface area contributed by atoms with Gasteiger partial charge < -0.3 is 4.90 Å². The molecule has 0 unspecified atom stereocenters. The number of halogens is 1. The number of hydrogen-bond acceptors (Lipinski definition) is 1. The van der Waals surface area contributed by atoms with Crippen LogP contribution in [0.5, 0.6) is 0 Å². The molecule has 1 aliphatic heterocycles. The number of hydrogen-bond donors (Lipinski definition) is 0. The van der Waals surface area contributed by atoms with Crippen LogP contribution in [0.3, 0.4) is 0 Å². The fraction of sp³-hybridized carbons (Fsp3) is 0.429. The molecular weight excluding hydrogens is 346 g/mol. The summed E-state index contributed by atoms with van der Waals surface area (Å²) in [5.74, 6) is 0.834. The van der Waals surface area contributed by atoms with E-state index in [1.807, 2.05) is 0 Å². The van der Waals surface area contributed by atoms with Crippen molar-refractivity contribution >= 4 is 15.9 Å². The molecule has 1 aliphatic rings. The van der Waals surface area contributed by atoms with Crippen LogP contribution in [0.1, 0.15) is 29.5 Å². The first-order valence-electron chi connectivity index (χ1n) is 8.72. The van der Waals surface area contributed by atoms with E-state index in [9.17, 15) is 0 Å². The molecular formula is C21H26BrN. The van der Waals surface area contributed by atoms with E-state index in [0.29, 0.717) is 0 Å². The maximum Gasteiger partial charge on any atom is 0.0207 e. The summed E-state index contributed by atoms with van der Waals surface area (Å²) in [5.41, 5.74) is 4.30. The van der Waals surface area contributed by atoms with E-state index in [1.165, 1.54) is 66.5 Å². The van der Waals surface area contributed by atoms with Gasteiger partial charge >= 0.3 is 0 Å². The van der Waals surface area contributed by atoms with Gasteiger partial charge in [0, 0.05) is 11.0 Å². The van der Waals surface area contributed by atoms with Crippen LogP contribution in [0.25, 0.3) is 0 Å². The molecule has 1 heterocycles. The van der Waals surface area contributed by atoms with Crippen molar-refractivity contribution < 1.29 is 0 Å². The first-order chi connectivity index (χ1) is 11.2. The molecule has 1 saturated heterocycles. The SMILES string of the molecule is Cc1ccc(Br)c(CC2CCN(CCc3ccccc3)CC2)c1. The normalized spacial score (nSPS) is 16.6. The second kappa shape index (κ2) is 8.12. The molecule has 23 heavy (non-hydrogen) atoms. The fourth-order valence-corrected chi connectivity index (χ4v) is 3.93. The molecule has 0 radical (unpaired) electrons. The minimum Gasteiger partial charge on any atom is -0.303 e. The van der Waals surface area contributed by atoms with Crippen molar-refractivity contribution in [3.8, 4) is 0 Å². The van der Waals surface area contributed by atoms with Gasteiger partial charge in [-0.15, -0.1) is 0 Å². The largest absolute Gasteiger partial charge is 0.303 e. The first-order valence-corrected chi connectivity index (χ1v) is 9.51. The topological polar surface area (TPSA) is 3.24 Å². The molecule has 0 aromatic heterocycles. The summed E-state index contributed by atoms with van der Waals surface area (Å²) in [6, 6.07) is 17.6. The van der Waals surface area contributed by atoms with Gasteiger partial charge in [-0.05, 0) is 68.8 Å².